The van der Waals surface area contributed by atoms with Crippen molar-refractivity contribution < 1.29 is 4.79 Å². The molecule has 2 amide bonds. The third-order valence-electron chi connectivity index (χ3n) is 2.54. The van der Waals surface area contributed by atoms with Crippen molar-refractivity contribution in [3.63, 3.8) is 0 Å². The van der Waals surface area contributed by atoms with Crippen molar-refractivity contribution >= 4 is 23.5 Å². The van der Waals surface area contributed by atoms with Crippen molar-refractivity contribution in [2.24, 2.45) is 0 Å². The summed E-state index contributed by atoms with van der Waals surface area (Å²) in [6.45, 7) is 6.13. The lowest BCUT2D eigenvalue weighted by molar-refractivity contribution is 0.249. The molecule has 1 rings (SSSR count). The maximum Gasteiger partial charge on any atom is 0.319 e. The molecule has 0 aliphatic carbocycles. The number of nitrogens with one attached hydrogen (secondary N) is 2. The molecule has 1 aromatic rings. The van der Waals surface area contributed by atoms with E-state index in [0.29, 0.717) is 11.7 Å². The fourth-order valence-electron chi connectivity index (χ4n) is 1.58. The number of thioether (sulfide) groups is 1. The molecule has 0 unspecified atom stereocenters. The maximum absolute atomic E-state index is 11.7. The van der Waals surface area contributed by atoms with Gasteiger partial charge in [-0.2, -0.15) is 17.0 Å². The molecule has 20 heavy (non-hydrogen) atoms. The molecule has 0 radical (unpaired) electrons. The highest BCUT2D eigenvalue weighted by atomic mass is 32.2. The number of hydrogen-bond donors (Lipinski definition) is 2. The van der Waals surface area contributed by atoms with Gasteiger partial charge in [0.1, 0.15) is 0 Å². The van der Waals surface area contributed by atoms with Crippen LogP contribution in [-0.4, -0.2) is 17.3 Å². The second-order valence-electron chi connectivity index (χ2n) is 4.92. The topological polar surface area (TPSA) is 64.9 Å². The van der Waals surface area contributed by atoms with Crippen LogP contribution in [0.1, 0.15) is 32.8 Å². The minimum atomic E-state index is -0.276. The van der Waals surface area contributed by atoms with Crippen LogP contribution in [0.5, 0.6) is 0 Å². The third kappa shape index (κ3) is 6.48. The zero-order chi connectivity index (χ0) is 15.0. The number of anilines is 1. The predicted octanol–water partition coefficient (Wildman–Crippen LogP) is 3.75. The van der Waals surface area contributed by atoms with E-state index in [-0.39, 0.29) is 12.1 Å². The summed E-state index contributed by atoms with van der Waals surface area (Å²) < 4.78 is 0. The first-order chi connectivity index (χ1) is 9.51. The van der Waals surface area contributed by atoms with Gasteiger partial charge < -0.3 is 10.6 Å². The monoisotopic (exact) mass is 291 g/mol. The molecular formula is C15H21N3OS. The second-order valence-corrected chi connectivity index (χ2v) is 6.49. The molecular weight excluding hydrogens is 270 g/mol. The van der Waals surface area contributed by atoms with Gasteiger partial charge in [0.05, 0.1) is 12.5 Å². The van der Waals surface area contributed by atoms with Crippen LogP contribution in [0.4, 0.5) is 10.5 Å². The van der Waals surface area contributed by atoms with E-state index in [0.717, 1.165) is 11.4 Å². The molecule has 108 valence electrons. The minimum Gasteiger partial charge on any atom is -0.334 e. The lowest BCUT2D eigenvalue weighted by Gasteiger charge is -2.12. The van der Waals surface area contributed by atoms with Crippen LogP contribution in [0.25, 0.3) is 0 Å². The average Bonchev–Trinajstić information content (AvgIpc) is 2.36. The van der Waals surface area contributed by atoms with E-state index in [2.05, 4.69) is 30.5 Å². The molecule has 2 N–H and O–H groups in total. The predicted molar refractivity (Wildman–Crippen MR) is 84.7 cm³/mol. The van der Waals surface area contributed by atoms with E-state index in [1.807, 2.05) is 36.0 Å². The van der Waals surface area contributed by atoms with Crippen molar-refractivity contribution in [1.29, 1.82) is 5.26 Å². The van der Waals surface area contributed by atoms with Crippen molar-refractivity contribution in [3.05, 3.63) is 29.8 Å². The van der Waals surface area contributed by atoms with E-state index in [1.54, 1.807) is 6.92 Å². The van der Waals surface area contributed by atoms with E-state index in [1.165, 1.54) is 5.56 Å². The van der Waals surface area contributed by atoms with E-state index in [9.17, 15) is 4.79 Å². The van der Waals surface area contributed by atoms with Gasteiger partial charge in [-0.15, -0.1) is 0 Å². The Morgan fingerprint density at radius 3 is 2.80 bits per heavy atom. The number of hydrogen-bond acceptors (Lipinski definition) is 3. The standard InChI is InChI=1S/C15H21N3OS/c1-11(2)20-10-13-5-4-6-14(9-13)18-15(19)17-12(3)7-8-16/h4-6,9,11-12H,7,10H2,1-3H3,(H2,17,18,19)/t12-/m1/s1. The highest BCUT2D eigenvalue weighted by molar-refractivity contribution is 7.99. The zero-order valence-electron chi connectivity index (χ0n) is 12.1. The molecule has 0 aliphatic rings. The minimum absolute atomic E-state index is 0.153. The van der Waals surface area contributed by atoms with E-state index >= 15 is 0 Å². The Kier molecular flexibility index (Phi) is 6.96. The number of amides is 2. The number of carbonyl (C=O) groups excluding carboxylic acids is 1. The van der Waals surface area contributed by atoms with Crippen LogP contribution in [0.15, 0.2) is 24.3 Å². The highest BCUT2D eigenvalue weighted by Gasteiger charge is 2.07. The van der Waals surface area contributed by atoms with Gasteiger partial charge in [-0.25, -0.2) is 4.79 Å². The van der Waals surface area contributed by atoms with Gasteiger partial charge in [-0.05, 0) is 29.9 Å². The number of benzene rings is 1. The van der Waals surface area contributed by atoms with Crippen LogP contribution in [-0.2, 0) is 5.75 Å². The van der Waals surface area contributed by atoms with Gasteiger partial charge in [0.15, 0.2) is 0 Å². The second kappa shape index (κ2) is 8.49. The molecule has 0 spiro atoms. The first-order valence-electron chi connectivity index (χ1n) is 6.66. The molecule has 0 fully saturated rings. The third-order valence-corrected chi connectivity index (χ3v) is 3.71. The molecule has 4 nitrogen and oxygen atoms in total. The molecule has 0 aliphatic heterocycles. The Morgan fingerprint density at radius 1 is 1.40 bits per heavy atom. The summed E-state index contributed by atoms with van der Waals surface area (Å²) in [6.07, 6.45) is 0.304. The molecule has 1 aromatic carbocycles. The number of carbonyl (C=O) groups is 1. The lowest BCUT2D eigenvalue weighted by atomic mass is 10.2. The Balaban J connectivity index is 2.53. The average molecular weight is 291 g/mol. The summed E-state index contributed by atoms with van der Waals surface area (Å²) in [5, 5.41) is 14.7. The SMILES string of the molecule is CC(C)SCc1cccc(NC(=O)N[C@H](C)CC#N)c1. The lowest BCUT2D eigenvalue weighted by Crippen LogP contribution is -2.35. The Hall–Kier alpha value is -1.67. The summed E-state index contributed by atoms with van der Waals surface area (Å²) >= 11 is 1.86. The highest BCUT2D eigenvalue weighted by Crippen LogP contribution is 2.19. The van der Waals surface area contributed by atoms with Crippen molar-refractivity contribution in [1.82, 2.24) is 5.32 Å². The molecule has 0 heterocycles. The van der Waals surface area contributed by atoms with Crippen LogP contribution < -0.4 is 10.6 Å². The first-order valence-corrected chi connectivity index (χ1v) is 7.71. The first kappa shape index (κ1) is 16.4. The van der Waals surface area contributed by atoms with Gasteiger partial charge in [0, 0.05) is 17.5 Å². The Bertz CT molecular complexity index is 482. The van der Waals surface area contributed by atoms with Gasteiger partial charge in [0.25, 0.3) is 0 Å². The zero-order valence-corrected chi connectivity index (χ0v) is 13.0. The summed E-state index contributed by atoms with van der Waals surface area (Å²) in [5.41, 5.74) is 1.96. The number of nitriles is 1. The normalized spacial score (nSPS) is 11.8. The Morgan fingerprint density at radius 2 is 2.15 bits per heavy atom. The van der Waals surface area contributed by atoms with Gasteiger partial charge >= 0.3 is 6.03 Å². The van der Waals surface area contributed by atoms with Crippen LogP contribution in [0.2, 0.25) is 0 Å². The summed E-state index contributed by atoms with van der Waals surface area (Å²) in [5.74, 6) is 0.930. The van der Waals surface area contributed by atoms with E-state index in [4.69, 9.17) is 5.26 Å². The molecule has 0 saturated heterocycles. The fourth-order valence-corrected chi connectivity index (χ4v) is 2.29. The molecule has 0 saturated carbocycles. The summed E-state index contributed by atoms with van der Waals surface area (Å²) in [4.78, 5) is 11.7. The smallest absolute Gasteiger partial charge is 0.319 e. The molecule has 1 atom stereocenters. The summed E-state index contributed by atoms with van der Waals surface area (Å²) in [7, 11) is 0. The van der Waals surface area contributed by atoms with Gasteiger partial charge in [0.2, 0.25) is 0 Å². The van der Waals surface area contributed by atoms with Crippen LogP contribution in [0.3, 0.4) is 0 Å². The fraction of sp³-hybridized carbons (Fsp3) is 0.467. The number of nitrogens with zero attached hydrogens (tertiary/aromatic N) is 1. The molecule has 0 aromatic heterocycles. The quantitative estimate of drug-likeness (QED) is 0.839. The number of rotatable bonds is 6. The number of urea groups is 1. The molecule has 5 heteroatoms. The van der Waals surface area contributed by atoms with Crippen molar-refractivity contribution in [2.75, 3.05) is 5.32 Å². The largest absolute Gasteiger partial charge is 0.334 e. The Labute approximate surface area is 124 Å². The van der Waals surface area contributed by atoms with E-state index < -0.39 is 0 Å². The van der Waals surface area contributed by atoms with Crippen molar-refractivity contribution in [3.8, 4) is 6.07 Å². The van der Waals surface area contributed by atoms with Gasteiger partial charge in [-0.3, -0.25) is 0 Å². The summed E-state index contributed by atoms with van der Waals surface area (Å²) in [6, 6.07) is 9.42. The molecule has 0 bridgehead atoms. The van der Waals surface area contributed by atoms with Gasteiger partial charge in [-0.1, -0.05) is 26.0 Å². The van der Waals surface area contributed by atoms with Crippen molar-refractivity contribution in [2.45, 2.75) is 44.2 Å². The van der Waals surface area contributed by atoms with Crippen LogP contribution in [0, 0.1) is 11.3 Å². The van der Waals surface area contributed by atoms with Crippen LogP contribution >= 0.6 is 11.8 Å². The maximum atomic E-state index is 11.7.